The van der Waals surface area contributed by atoms with E-state index in [1.807, 2.05) is 0 Å². The van der Waals surface area contributed by atoms with Gasteiger partial charge in [0.1, 0.15) is 0 Å². The van der Waals surface area contributed by atoms with Crippen molar-refractivity contribution in [3.8, 4) is 0 Å². The highest BCUT2D eigenvalue weighted by Gasteiger charge is 1.94. The van der Waals surface area contributed by atoms with Gasteiger partial charge in [0.15, 0.2) is 0 Å². The summed E-state index contributed by atoms with van der Waals surface area (Å²) in [4.78, 5) is 0. The number of hydrogen-bond acceptors (Lipinski definition) is 1. The van der Waals surface area contributed by atoms with Crippen LogP contribution >= 0.6 is 0 Å². The van der Waals surface area contributed by atoms with Gasteiger partial charge in [0.2, 0.25) is 0 Å². The normalized spacial score (nSPS) is 12.2. The predicted octanol–water partition coefficient (Wildman–Crippen LogP) is 1.88. The summed E-state index contributed by atoms with van der Waals surface area (Å²) in [5.74, 6) is 0. The van der Waals surface area contributed by atoms with E-state index in [0.29, 0.717) is 0 Å². The second kappa shape index (κ2) is 5.61. The van der Waals surface area contributed by atoms with Crippen molar-refractivity contribution in [1.82, 2.24) is 0 Å². The minimum absolute atomic E-state index is 0.331. The maximum absolute atomic E-state index is 9.02. The summed E-state index contributed by atoms with van der Waals surface area (Å²) in [5.41, 5.74) is 2.55. The maximum Gasteiger partial charge on any atom is 0.0794 e. The largest absolute Gasteiger partial charge is 0.388 e. The molecule has 0 fully saturated rings. The molecule has 0 aromatic heterocycles. The van der Waals surface area contributed by atoms with E-state index in [-0.39, 0.29) is 6.10 Å². The fraction of sp³-hybridized carbons (Fsp3) is 0.625. The van der Waals surface area contributed by atoms with E-state index in [9.17, 15) is 0 Å². The first kappa shape index (κ1) is 8.48. The molecule has 0 bridgehead atoms. The summed E-state index contributed by atoms with van der Waals surface area (Å²) in [5, 5.41) is 9.02. The second-order valence-corrected chi connectivity index (χ2v) is 2.08. The van der Waals surface area contributed by atoms with Crippen molar-refractivity contribution in [2.75, 3.05) is 0 Å². The molecule has 52 valence electrons. The minimum Gasteiger partial charge on any atom is -0.388 e. The molecule has 0 aliphatic carbocycles. The smallest absolute Gasteiger partial charge is 0.0794 e. The number of aliphatic hydroxyl groups is 1. The summed E-state index contributed by atoms with van der Waals surface area (Å²) in [6.07, 6.45) is 4.29. The average Bonchev–Trinajstić information content (AvgIpc) is 1.85. The van der Waals surface area contributed by atoms with Crippen LogP contribution in [0.5, 0.6) is 0 Å². The number of hydrogen-bond donors (Lipinski definition) is 1. The molecule has 1 nitrogen and oxygen atoms in total. The molecular weight excluding hydrogens is 112 g/mol. The third-order valence-corrected chi connectivity index (χ3v) is 1.16. The molecule has 0 aliphatic heterocycles. The molecule has 1 heteroatoms. The Labute approximate surface area is 56.7 Å². The van der Waals surface area contributed by atoms with Gasteiger partial charge in [-0.1, -0.05) is 26.3 Å². The molecule has 0 aromatic rings. The molecule has 0 amide bonds. The Balaban J connectivity index is 3.26. The van der Waals surface area contributed by atoms with Gasteiger partial charge in [-0.05, 0) is 12.5 Å². The van der Waals surface area contributed by atoms with Crippen LogP contribution in [0.1, 0.15) is 26.2 Å². The van der Waals surface area contributed by atoms with Gasteiger partial charge in [-0.2, -0.15) is 0 Å². The third kappa shape index (κ3) is 5.35. The zero-order valence-electron chi connectivity index (χ0n) is 5.93. The molecule has 0 radical (unpaired) electrons. The molecule has 0 heterocycles. The molecule has 0 saturated carbocycles. The number of unbranched alkanes of at least 4 members (excludes halogenated alkanes) is 1. The lowest BCUT2D eigenvalue weighted by Crippen LogP contribution is -1.99. The van der Waals surface area contributed by atoms with Gasteiger partial charge < -0.3 is 5.11 Å². The van der Waals surface area contributed by atoms with Gasteiger partial charge in [-0.15, -0.1) is 5.73 Å². The zero-order chi connectivity index (χ0) is 7.11. The van der Waals surface area contributed by atoms with E-state index in [1.54, 1.807) is 6.08 Å². The first-order valence-corrected chi connectivity index (χ1v) is 3.35. The standard InChI is InChI=1S/C8H14O/c1-3-5-7-8(9)6-4-2/h6,8-9H,2-3,5,7H2,1H3. The summed E-state index contributed by atoms with van der Waals surface area (Å²) in [6, 6.07) is 0. The van der Waals surface area contributed by atoms with E-state index in [2.05, 4.69) is 19.2 Å². The van der Waals surface area contributed by atoms with Crippen molar-refractivity contribution in [3.05, 3.63) is 18.4 Å². The van der Waals surface area contributed by atoms with Crippen LogP contribution in [0.4, 0.5) is 0 Å². The molecular formula is C8H14O. The van der Waals surface area contributed by atoms with Crippen molar-refractivity contribution in [2.24, 2.45) is 0 Å². The maximum atomic E-state index is 9.02. The Kier molecular flexibility index (Phi) is 5.29. The van der Waals surface area contributed by atoms with Crippen molar-refractivity contribution in [3.63, 3.8) is 0 Å². The fourth-order valence-corrected chi connectivity index (χ4v) is 0.633. The molecule has 0 aliphatic rings. The average molecular weight is 126 g/mol. The molecule has 1 atom stereocenters. The summed E-state index contributed by atoms with van der Waals surface area (Å²) in [7, 11) is 0. The Morgan fingerprint density at radius 1 is 1.78 bits per heavy atom. The number of aliphatic hydroxyl groups excluding tert-OH is 1. The summed E-state index contributed by atoms with van der Waals surface area (Å²) < 4.78 is 0. The van der Waals surface area contributed by atoms with Gasteiger partial charge in [-0.25, -0.2) is 0 Å². The van der Waals surface area contributed by atoms with Crippen LogP contribution in [0.3, 0.4) is 0 Å². The first-order valence-electron chi connectivity index (χ1n) is 3.35. The van der Waals surface area contributed by atoms with E-state index in [0.717, 1.165) is 19.3 Å². The van der Waals surface area contributed by atoms with E-state index in [1.165, 1.54) is 0 Å². The van der Waals surface area contributed by atoms with Crippen LogP contribution in [0.2, 0.25) is 0 Å². The van der Waals surface area contributed by atoms with Crippen molar-refractivity contribution in [1.29, 1.82) is 0 Å². The van der Waals surface area contributed by atoms with Crippen molar-refractivity contribution in [2.45, 2.75) is 32.3 Å². The Morgan fingerprint density at radius 2 is 2.44 bits per heavy atom. The van der Waals surface area contributed by atoms with Crippen molar-refractivity contribution < 1.29 is 5.11 Å². The van der Waals surface area contributed by atoms with Crippen LogP contribution in [-0.2, 0) is 0 Å². The van der Waals surface area contributed by atoms with Crippen LogP contribution in [-0.4, -0.2) is 11.2 Å². The molecule has 9 heavy (non-hydrogen) atoms. The second-order valence-electron chi connectivity index (χ2n) is 2.08. The highest BCUT2D eigenvalue weighted by atomic mass is 16.3. The summed E-state index contributed by atoms with van der Waals surface area (Å²) in [6.45, 7) is 5.47. The van der Waals surface area contributed by atoms with Crippen LogP contribution in [0.15, 0.2) is 18.4 Å². The van der Waals surface area contributed by atoms with Crippen molar-refractivity contribution >= 4 is 0 Å². The van der Waals surface area contributed by atoms with Gasteiger partial charge >= 0.3 is 0 Å². The molecule has 1 N–H and O–H groups in total. The first-order chi connectivity index (χ1) is 4.31. The Morgan fingerprint density at radius 3 is 2.89 bits per heavy atom. The van der Waals surface area contributed by atoms with Gasteiger partial charge in [0.05, 0.1) is 6.10 Å². The molecule has 0 rings (SSSR count). The van der Waals surface area contributed by atoms with Crippen LogP contribution in [0, 0.1) is 0 Å². The molecule has 0 aromatic carbocycles. The van der Waals surface area contributed by atoms with Crippen LogP contribution < -0.4 is 0 Å². The monoisotopic (exact) mass is 126 g/mol. The highest BCUT2D eigenvalue weighted by molar-refractivity contribution is 4.83. The van der Waals surface area contributed by atoms with Crippen LogP contribution in [0.25, 0.3) is 0 Å². The number of rotatable bonds is 4. The zero-order valence-corrected chi connectivity index (χ0v) is 5.93. The lowest BCUT2D eigenvalue weighted by Gasteiger charge is -2.00. The van der Waals surface area contributed by atoms with E-state index >= 15 is 0 Å². The Hall–Kier alpha value is -0.520. The molecule has 1 unspecified atom stereocenters. The summed E-state index contributed by atoms with van der Waals surface area (Å²) >= 11 is 0. The van der Waals surface area contributed by atoms with E-state index in [4.69, 9.17) is 5.11 Å². The SMILES string of the molecule is C=C=CC(O)CCCC. The molecule has 0 spiro atoms. The van der Waals surface area contributed by atoms with Gasteiger partial charge in [-0.3, -0.25) is 0 Å². The van der Waals surface area contributed by atoms with E-state index < -0.39 is 0 Å². The Bertz CT molecular complexity index is 101. The highest BCUT2D eigenvalue weighted by Crippen LogP contribution is 1.99. The topological polar surface area (TPSA) is 20.2 Å². The lowest BCUT2D eigenvalue weighted by atomic mass is 10.2. The van der Waals surface area contributed by atoms with Gasteiger partial charge in [0, 0.05) is 0 Å². The molecule has 0 saturated heterocycles. The van der Waals surface area contributed by atoms with Gasteiger partial charge in [0.25, 0.3) is 0 Å². The lowest BCUT2D eigenvalue weighted by molar-refractivity contribution is 0.209. The fourth-order valence-electron chi connectivity index (χ4n) is 0.633. The third-order valence-electron chi connectivity index (χ3n) is 1.16. The quantitative estimate of drug-likeness (QED) is 0.570. The predicted molar refractivity (Wildman–Crippen MR) is 39.2 cm³/mol. The minimum atomic E-state index is -0.331.